The van der Waals surface area contributed by atoms with E-state index in [4.69, 9.17) is 4.42 Å². The maximum atomic E-state index is 12.9. The maximum Gasteiger partial charge on any atom is 0.290 e. The summed E-state index contributed by atoms with van der Waals surface area (Å²) < 4.78 is 5.52. The number of hydrogen-bond donors (Lipinski definition) is 0. The average Bonchev–Trinajstić information content (AvgIpc) is 3.30. The molecule has 3 aromatic rings. The zero-order chi connectivity index (χ0) is 18.1. The molecular weight excluding hydrogens is 330 g/mol. The monoisotopic (exact) mass is 351 g/mol. The largest absolute Gasteiger partial charge is 0.456 e. The number of tetrazole rings is 1. The third-order valence-corrected chi connectivity index (χ3v) is 4.67. The number of amides is 1. The van der Waals surface area contributed by atoms with Crippen LogP contribution in [0.2, 0.25) is 0 Å². The second-order valence-electron chi connectivity index (χ2n) is 6.70. The van der Waals surface area contributed by atoms with Gasteiger partial charge in [-0.25, -0.2) is 0 Å². The van der Waals surface area contributed by atoms with E-state index in [1.807, 2.05) is 38.1 Å². The molecule has 1 aliphatic rings. The fourth-order valence-electron chi connectivity index (χ4n) is 3.35. The van der Waals surface area contributed by atoms with E-state index in [1.165, 1.54) is 4.80 Å². The highest BCUT2D eigenvalue weighted by Crippen LogP contribution is 2.30. The van der Waals surface area contributed by atoms with Gasteiger partial charge in [-0.3, -0.25) is 4.79 Å². The number of hydrogen-bond acceptors (Lipinski definition) is 5. The third-order valence-electron chi connectivity index (χ3n) is 4.67. The number of rotatable bonds is 3. The zero-order valence-electron chi connectivity index (χ0n) is 14.9. The second kappa shape index (κ2) is 6.74. The van der Waals surface area contributed by atoms with Crippen LogP contribution in [0.5, 0.6) is 0 Å². The minimum absolute atomic E-state index is 0.116. The first-order valence-electron chi connectivity index (χ1n) is 8.86. The van der Waals surface area contributed by atoms with Crippen molar-refractivity contribution in [2.24, 2.45) is 0 Å². The van der Waals surface area contributed by atoms with Crippen molar-refractivity contribution in [3.63, 3.8) is 0 Å². The lowest BCUT2D eigenvalue weighted by Gasteiger charge is -2.33. The Morgan fingerprint density at radius 2 is 2.08 bits per heavy atom. The zero-order valence-corrected chi connectivity index (χ0v) is 14.9. The summed E-state index contributed by atoms with van der Waals surface area (Å²) in [6.45, 7) is 4.52. The highest BCUT2D eigenvalue weighted by molar-refractivity contribution is 5.91. The van der Waals surface area contributed by atoms with E-state index < -0.39 is 0 Å². The molecule has 0 aliphatic carbocycles. The van der Waals surface area contributed by atoms with Gasteiger partial charge in [0.25, 0.3) is 5.91 Å². The fourth-order valence-corrected chi connectivity index (χ4v) is 3.35. The summed E-state index contributed by atoms with van der Waals surface area (Å²) in [4.78, 5) is 16.2. The summed E-state index contributed by atoms with van der Waals surface area (Å²) in [6.07, 6.45) is 2.82. The van der Waals surface area contributed by atoms with Gasteiger partial charge >= 0.3 is 0 Å². The van der Waals surface area contributed by atoms with E-state index in [1.54, 1.807) is 17.0 Å². The van der Waals surface area contributed by atoms with E-state index in [0.717, 1.165) is 36.3 Å². The molecule has 0 saturated carbocycles. The Morgan fingerprint density at radius 1 is 1.19 bits per heavy atom. The summed E-state index contributed by atoms with van der Waals surface area (Å²) in [6, 6.07) is 11.3. The third kappa shape index (κ3) is 3.12. The fraction of sp³-hybridized carbons (Fsp3) is 0.368. The van der Waals surface area contributed by atoms with Crippen LogP contribution in [-0.4, -0.2) is 37.6 Å². The lowest BCUT2D eigenvalue weighted by atomic mass is 10.0. The highest BCUT2D eigenvalue weighted by Gasteiger charge is 2.33. The smallest absolute Gasteiger partial charge is 0.290 e. The number of benzene rings is 1. The van der Waals surface area contributed by atoms with Crippen LogP contribution in [0.25, 0.3) is 5.69 Å². The standard InChI is InChI=1S/C19H21N5O2/c1-13-6-5-7-15(12-13)24-21-18(20-22-24)16-8-3-4-11-23(16)19(25)17-10-9-14(2)26-17/h5-7,9-10,12,16H,3-4,8,11H2,1-2H3. The van der Waals surface area contributed by atoms with Gasteiger partial charge in [0, 0.05) is 6.54 Å². The van der Waals surface area contributed by atoms with Crippen molar-refractivity contribution in [1.82, 2.24) is 25.1 Å². The van der Waals surface area contributed by atoms with Crippen molar-refractivity contribution in [2.45, 2.75) is 39.2 Å². The Morgan fingerprint density at radius 3 is 2.85 bits per heavy atom. The molecule has 3 heterocycles. The van der Waals surface area contributed by atoms with Crippen molar-refractivity contribution in [1.29, 1.82) is 0 Å². The predicted octanol–water partition coefficient (Wildman–Crippen LogP) is 3.24. The normalized spacial score (nSPS) is 17.5. The summed E-state index contributed by atoms with van der Waals surface area (Å²) in [5.74, 6) is 1.54. The Labute approximate surface area is 151 Å². The van der Waals surface area contributed by atoms with Crippen LogP contribution in [0, 0.1) is 13.8 Å². The molecule has 0 N–H and O–H groups in total. The Balaban J connectivity index is 1.62. The van der Waals surface area contributed by atoms with E-state index in [-0.39, 0.29) is 11.9 Å². The summed E-state index contributed by atoms with van der Waals surface area (Å²) >= 11 is 0. The Kier molecular flexibility index (Phi) is 4.28. The molecule has 1 saturated heterocycles. The topological polar surface area (TPSA) is 77.0 Å². The van der Waals surface area contributed by atoms with E-state index >= 15 is 0 Å². The quantitative estimate of drug-likeness (QED) is 0.724. The van der Waals surface area contributed by atoms with Crippen LogP contribution in [0.1, 0.15) is 53.0 Å². The van der Waals surface area contributed by atoms with Gasteiger partial charge in [-0.1, -0.05) is 12.1 Å². The maximum absolute atomic E-state index is 12.9. The van der Waals surface area contributed by atoms with Crippen LogP contribution >= 0.6 is 0 Å². The van der Waals surface area contributed by atoms with Crippen LogP contribution in [0.3, 0.4) is 0 Å². The first kappa shape index (κ1) is 16.5. The SMILES string of the molecule is Cc1cccc(-n2nnc(C3CCCCN3C(=O)c3ccc(C)o3)n2)c1. The molecule has 1 aliphatic heterocycles. The van der Waals surface area contributed by atoms with Gasteiger partial charge in [0.05, 0.1) is 11.7 Å². The van der Waals surface area contributed by atoms with Gasteiger partial charge in [0.15, 0.2) is 11.6 Å². The van der Waals surface area contributed by atoms with E-state index in [2.05, 4.69) is 15.4 Å². The molecule has 0 bridgehead atoms. The minimum atomic E-state index is -0.180. The lowest BCUT2D eigenvalue weighted by molar-refractivity contribution is 0.0566. The molecule has 1 fully saturated rings. The molecule has 0 spiro atoms. The number of furan rings is 1. The molecule has 7 nitrogen and oxygen atoms in total. The van der Waals surface area contributed by atoms with Crippen molar-refractivity contribution in [3.05, 3.63) is 59.3 Å². The van der Waals surface area contributed by atoms with Crippen molar-refractivity contribution in [2.75, 3.05) is 6.54 Å². The molecule has 2 aromatic heterocycles. The first-order valence-corrected chi connectivity index (χ1v) is 8.86. The van der Waals surface area contributed by atoms with Crippen LogP contribution in [0.4, 0.5) is 0 Å². The van der Waals surface area contributed by atoms with Gasteiger partial charge in [0.1, 0.15) is 5.76 Å². The van der Waals surface area contributed by atoms with Gasteiger partial charge in [0.2, 0.25) is 0 Å². The molecule has 1 unspecified atom stereocenters. The number of aromatic nitrogens is 4. The van der Waals surface area contributed by atoms with Gasteiger partial charge < -0.3 is 9.32 Å². The van der Waals surface area contributed by atoms with Gasteiger partial charge in [-0.05, 0) is 68.2 Å². The number of likely N-dealkylation sites (tertiary alicyclic amines) is 1. The van der Waals surface area contributed by atoms with Gasteiger partial charge in [-0.15, -0.1) is 15.0 Å². The number of piperidine rings is 1. The van der Waals surface area contributed by atoms with Crippen LogP contribution < -0.4 is 0 Å². The molecule has 4 rings (SSSR count). The Hall–Kier alpha value is -2.96. The minimum Gasteiger partial charge on any atom is -0.456 e. The van der Waals surface area contributed by atoms with Crippen LogP contribution in [-0.2, 0) is 0 Å². The second-order valence-corrected chi connectivity index (χ2v) is 6.70. The Bertz CT molecular complexity index is 929. The number of carbonyl (C=O) groups excluding carboxylic acids is 1. The summed E-state index contributed by atoms with van der Waals surface area (Å²) in [7, 11) is 0. The molecular formula is C19H21N5O2. The first-order chi connectivity index (χ1) is 12.6. The van der Waals surface area contributed by atoms with Crippen molar-refractivity contribution in [3.8, 4) is 5.69 Å². The lowest BCUT2D eigenvalue weighted by Crippen LogP contribution is -2.39. The van der Waals surface area contributed by atoms with E-state index in [9.17, 15) is 4.79 Å². The predicted molar refractivity (Wildman–Crippen MR) is 95.0 cm³/mol. The number of nitrogens with zero attached hydrogens (tertiary/aromatic N) is 5. The molecule has 26 heavy (non-hydrogen) atoms. The molecule has 134 valence electrons. The van der Waals surface area contributed by atoms with E-state index in [0.29, 0.717) is 18.1 Å². The van der Waals surface area contributed by atoms with Crippen molar-refractivity contribution < 1.29 is 9.21 Å². The number of aryl methyl sites for hydroxylation is 2. The molecule has 7 heteroatoms. The molecule has 1 aromatic carbocycles. The van der Waals surface area contributed by atoms with Crippen molar-refractivity contribution >= 4 is 5.91 Å². The average molecular weight is 351 g/mol. The molecule has 1 amide bonds. The van der Waals surface area contributed by atoms with Crippen LogP contribution in [0.15, 0.2) is 40.8 Å². The number of carbonyl (C=O) groups is 1. The highest BCUT2D eigenvalue weighted by atomic mass is 16.3. The van der Waals surface area contributed by atoms with Gasteiger partial charge in [-0.2, -0.15) is 0 Å². The summed E-state index contributed by atoms with van der Waals surface area (Å²) in [5, 5.41) is 13.0. The molecule has 1 atom stereocenters. The molecule has 0 radical (unpaired) electrons. The summed E-state index contributed by atoms with van der Waals surface area (Å²) in [5.41, 5.74) is 1.99.